The van der Waals surface area contributed by atoms with Crippen molar-refractivity contribution in [3.63, 3.8) is 0 Å². The lowest BCUT2D eigenvalue weighted by molar-refractivity contribution is 0.0480. The molecule has 1 aliphatic rings. The van der Waals surface area contributed by atoms with Crippen molar-refractivity contribution in [2.45, 2.75) is 38.3 Å². The molecule has 2 atom stereocenters. The van der Waals surface area contributed by atoms with Crippen molar-refractivity contribution in [3.05, 3.63) is 53.7 Å². The first-order valence-corrected chi connectivity index (χ1v) is 9.49. The Labute approximate surface area is 167 Å². The Balaban J connectivity index is 1.90. The number of anilines is 1. The summed E-state index contributed by atoms with van der Waals surface area (Å²) in [7, 11) is 1.47. The van der Waals surface area contributed by atoms with E-state index in [2.05, 4.69) is 15.6 Å². The number of nitrogens with one attached hydrogen (secondary N) is 3. The van der Waals surface area contributed by atoms with Crippen LogP contribution in [0.1, 0.15) is 32.3 Å². The highest BCUT2D eigenvalue weighted by Crippen LogP contribution is 2.45. The minimum atomic E-state index is -0.710. The van der Waals surface area contributed by atoms with Crippen LogP contribution in [0.2, 0.25) is 0 Å². The maximum Gasteiger partial charge on any atom is 0.407 e. The Morgan fingerprint density at radius 2 is 2.00 bits per heavy atom. The van der Waals surface area contributed by atoms with E-state index in [-0.39, 0.29) is 5.56 Å². The summed E-state index contributed by atoms with van der Waals surface area (Å²) in [5.74, 6) is -1.78. The molecule has 1 aromatic heterocycles. The molecule has 2 heterocycles. The molecule has 0 fully saturated rings. The molecule has 3 aromatic rings. The minimum absolute atomic E-state index is 0.0937. The molecular weight excluding hydrogens is 376 g/mol. The molecular formula is C22H23F2N3O2. The number of hydrogen-bond donors (Lipinski definition) is 3. The van der Waals surface area contributed by atoms with Gasteiger partial charge in [0.2, 0.25) is 0 Å². The number of amides is 1. The average molecular weight is 399 g/mol. The normalized spacial score (nSPS) is 20.1. The predicted molar refractivity (Wildman–Crippen MR) is 109 cm³/mol. The van der Waals surface area contributed by atoms with Gasteiger partial charge in [0, 0.05) is 36.0 Å². The number of halogens is 2. The van der Waals surface area contributed by atoms with E-state index in [4.69, 9.17) is 4.74 Å². The first-order chi connectivity index (χ1) is 13.7. The van der Waals surface area contributed by atoms with Gasteiger partial charge in [-0.15, -0.1) is 0 Å². The largest absolute Gasteiger partial charge is 0.443 e. The van der Waals surface area contributed by atoms with Crippen LogP contribution in [0.3, 0.4) is 0 Å². The number of hydrogen-bond acceptors (Lipinski definition) is 3. The van der Waals surface area contributed by atoms with Crippen LogP contribution in [0.5, 0.6) is 0 Å². The molecule has 1 amide bonds. The van der Waals surface area contributed by atoms with Gasteiger partial charge in [-0.3, -0.25) is 0 Å². The van der Waals surface area contributed by atoms with Crippen LogP contribution in [-0.4, -0.2) is 29.8 Å². The fraction of sp³-hybridized carbons (Fsp3) is 0.318. The maximum atomic E-state index is 15.8. The topological polar surface area (TPSA) is 66.1 Å². The summed E-state index contributed by atoms with van der Waals surface area (Å²) >= 11 is 0. The number of fused-ring (bicyclic) bond motifs is 2. The molecule has 0 radical (unpaired) electrons. The average Bonchev–Trinajstić information content (AvgIpc) is 3.13. The zero-order valence-electron chi connectivity index (χ0n) is 16.7. The van der Waals surface area contributed by atoms with Gasteiger partial charge < -0.3 is 20.4 Å². The molecule has 29 heavy (non-hydrogen) atoms. The fourth-order valence-electron chi connectivity index (χ4n) is 4.34. The number of carbonyl (C=O) groups excluding carboxylic acids is 1. The quantitative estimate of drug-likeness (QED) is 0.559. The Bertz CT molecular complexity index is 1110. The van der Waals surface area contributed by atoms with Crippen LogP contribution in [-0.2, 0) is 4.74 Å². The molecule has 0 saturated carbocycles. The zero-order valence-corrected chi connectivity index (χ0v) is 16.7. The van der Waals surface area contributed by atoms with Gasteiger partial charge in [0.1, 0.15) is 17.7 Å². The first-order valence-electron chi connectivity index (χ1n) is 9.49. The summed E-state index contributed by atoms with van der Waals surface area (Å²) in [6.45, 7) is 5.46. The number of carbonyl (C=O) groups is 1. The van der Waals surface area contributed by atoms with Crippen molar-refractivity contribution in [1.82, 2.24) is 10.3 Å². The Hall–Kier alpha value is -3.09. The van der Waals surface area contributed by atoms with Crippen molar-refractivity contribution in [2.24, 2.45) is 0 Å². The van der Waals surface area contributed by atoms with E-state index in [0.717, 1.165) is 5.39 Å². The molecule has 2 aromatic carbocycles. The lowest BCUT2D eigenvalue weighted by atomic mass is 9.77. The molecule has 1 unspecified atom stereocenters. The standard InChI is InChI=1S/C22H23F2N3O2/c1-11-16-15(27-22(2,3)20(11)29-21(28)25-4)10-14(23)17(18(16)24)13-7-5-6-12-8-9-26-19(12)13/h5-11,20,26-27H,1-4H3,(H,25,28)/t11-,20?/m0/s1. The van der Waals surface area contributed by atoms with Gasteiger partial charge in [-0.25, -0.2) is 13.6 Å². The number of ether oxygens (including phenoxy) is 1. The monoisotopic (exact) mass is 399 g/mol. The Kier molecular flexibility index (Phi) is 4.48. The highest BCUT2D eigenvalue weighted by Gasteiger charge is 2.44. The Morgan fingerprint density at radius 3 is 2.72 bits per heavy atom. The molecule has 5 nitrogen and oxygen atoms in total. The van der Waals surface area contributed by atoms with Crippen LogP contribution in [0, 0.1) is 11.6 Å². The molecule has 1 aliphatic heterocycles. The van der Waals surface area contributed by atoms with Crippen LogP contribution >= 0.6 is 0 Å². The highest BCUT2D eigenvalue weighted by molar-refractivity contribution is 5.95. The number of alkyl carbamates (subject to hydrolysis) is 1. The van der Waals surface area contributed by atoms with Gasteiger partial charge in [0.05, 0.1) is 16.6 Å². The number of aromatic nitrogens is 1. The number of H-pyrrole nitrogens is 1. The maximum absolute atomic E-state index is 15.8. The third-order valence-corrected chi connectivity index (χ3v) is 5.63. The number of benzene rings is 2. The molecule has 0 bridgehead atoms. The van der Waals surface area contributed by atoms with E-state index in [1.807, 2.05) is 26.0 Å². The first kappa shape index (κ1) is 19.2. The summed E-state index contributed by atoms with van der Waals surface area (Å²) in [6.07, 6.45) is 0.491. The molecule has 0 spiro atoms. The van der Waals surface area contributed by atoms with Gasteiger partial charge in [-0.05, 0) is 31.4 Å². The van der Waals surface area contributed by atoms with E-state index in [0.29, 0.717) is 22.3 Å². The van der Waals surface area contributed by atoms with Crippen LogP contribution in [0.15, 0.2) is 36.5 Å². The van der Waals surface area contributed by atoms with Crippen molar-refractivity contribution in [1.29, 1.82) is 0 Å². The molecule has 4 rings (SSSR count). The molecule has 7 heteroatoms. The van der Waals surface area contributed by atoms with Crippen molar-refractivity contribution >= 4 is 22.7 Å². The third-order valence-electron chi connectivity index (χ3n) is 5.63. The lowest BCUT2D eigenvalue weighted by Crippen LogP contribution is -2.53. The molecule has 0 aliphatic carbocycles. The summed E-state index contributed by atoms with van der Waals surface area (Å²) in [5.41, 5.74) is 0.990. The van der Waals surface area contributed by atoms with E-state index < -0.39 is 35.3 Å². The van der Waals surface area contributed by atoms with E-state index >= 15 is 8.78 Å². The fourth-order valence-corrected chi connectivity index (χ4v) is 4.34. The number of aromatic amines is 1. The van der Waals surface area contributed by atoms with Crippen LogP contribution in [0.25, 0.3) is 22.0 Å². The predicted octanol–water partition coefficient (Wildman–Crippen LogP) is 5.15. The summed E-state index contributed by atoms with van der Waals surface area (Å²) in [6, 6.07) is 8.52. The zero-order chi connectivity index (χ0) is 20.9. The second-order valence-electron chi connectivity index (χ2n) is 7.97. The van der Waals surface area contributed by atoms with Crippen LogP contribution in [0.4, 0.5) is 19.3 Å². The van der Waals surface area contributed by atoms with Crippen molar-refractivity contribution < 1.29 is 18.3 Å². The van der Waals surface area contributed by atoms with Gasteiger partial charge in [-0.2, -0.15) is 0 Å². The summed E-state index contributed by atoms with van der Waals surface area (Å²) in [4.78, 5) is 14.9. The van der Waals surface area contributed by atoms with Crippen molar-refractivity contribution in [2.75, 3.05) is 12.4 Å². The second-order valence-corrected chi connectivity index (χ2v) is 7.97. The number of para-hydroxylation sites is 1. The second kappa shape index (κ2) is 6.76. The molecule has 3 N–H and O–H groups in total. The van der Waals surface area contributed by atoms with E-state index in [9.17, 15) is 4.79 Å². The van der Waals surface area contributed by atoms with Gasteiger partial charge in [0.25, 0.3) is 0 Å². The lowest BCUT2D eigenvalue weighted by Gasteiger charge is -2.44. The summed E-state index contributed by atoms with van der Waals surface area (Å²) < 4.78 is 36.4. The summed E-state index contributed by atoms with van der Waals surface area (Å²) in [5, 5.41) is 6.44. The van der Waals surface area contributed by atoms with Crippen molar-refractivity contribution in [3.8, 4) is 11.1 Å². The molecule has 0 saturated heterocycles. The smallest absolute Gasteiger partial charge is 0.407 e. The highest BCUT2D eigenvalue weighted by atomic mass is 19.1. The number of rotatable bonds is 2. The van der Waals surface area contributed by atoms with E-state index in [1.165, 1.54) is 13.1 Å². The molecule has 152 valence electrons. The Morgan fingerprint density at radius 1 is 1.24 bits per heavy atom. The van der Waals surface area contributed by atoms with E-state index in [1.54, 1.807) is 25.3 Å². The van der Waals surface area contributed by atoms with Gasteiger partial charge >= 0.3 is 6.09 Å². The van der Waals surface area contributed by atoms with Gasteiger partial charge in [0.15, 0.2) is 0 Å². The SMILES string of the molecule is CNC(=O)OC1[C@@H](C)c2c(cc(F)c(-c3cccc4cc[nH]c34)c2F)NC1(C)C. The van der Waals surface area contributed by atoms with Crippen LogP contribution < -0.4 is 10.6 Å². The van der Waals surface area contributed by atoms with Gasteiger partial charge in [-0.1, -0.05) is 25.1 Å². The minimum Gasteiger partial charge on any atom is -0.443 e. The third kappa shape index (κ3) is 3.01.